The molecule has 0 bridgehead atoms. The molecule has 1 saturated carbocycles. The van der Waals surface area contributed by atoms with Gasteiger partial charge in [0.05, 0.1) is 6.10 Å². The highest BCUT2D eigenvalue weighted by Crippen LogP contribution is 2.20. The number of carbonyl (C=O) groups excluding carboxylic acids is 1. The summed E-state index contributed by atoms with van der Waals surface area (Å²) in [6, 6.07) is 10.5. The van der Waals surface area contributed by atoms with Gasteiger partial charge in [0.15, 0.2) is 0 Å². The third-order valence-corrected chi connectivity index (χ3v) is 4.60. The molecule has 0 spiro atoms. The second kappa shape index (κ2) is 11.1. The molecule has 1 unspecified atom stereocenters. The summed E-state index contributed by atoms with van der Waals surface area (Å²) in [5.41, 5.74) is 1.31. The van der Waals surface area contributed by atoms with E-state index in [1.165, 1.54) is 37.7 Å². The van der Waals surface area contributed by atoms with Gasteiger partial charge >= 0.3 is 6.03 Å². The fourth-order valence-electron chi connectivity index (χ4n) is 3.13. The van der Waals surface area contributed by atoms with Gasteiger partial charge in [-0.3, -0.25) is 0 Å². The van der Waals surface area contributed by atoms with Crippen molar-refractivity contribution in [2.75, 3.05) is 13.2 Å². The Morgan fingerprint density at radius 2 is 1.96 bits per heavy atom. The van der Waals surface area contributed by atoms with Gasteiger partial charge in [-0.1, -0.05) is 49.6 Å². The predicted molar refractivity (Wildman–Crippen MR) is 98.2 cm³/mol. The van der Waals surface area contributed by atoms with E-state index in [-0.39, 0.29) is 12.1 Å². The summed E-state index contributed by atoms with van der Waals surface area (Å²) in [5, 5.41) is 5.92. The maximum atomic E-state index is 11.9. The number of aryl methyl sites for hydroxylation is 1. The first-order chi connectivity index (χ1) is 11.7. The number of carbonyl (C=O) groups is 1. The normalized spacial score (nSPS) is 16.5. The predicted octanol–water partition coefficient (Wildman–Crippen LogP) is 4.05. The molecular formula is C20H32N2O2. The van der Waals surface area contributed by atoms with Crippen molar-refractivity contribution in [2.45, 2.75) is 70.4 Å². The Morgan fingerprint density at radius 3 is 2.71 bits per heavy atom. The van der Waals surface area contributed by atoms with Crippen LogP contribution in [0, 0.1) is 0 Å². The first kappa shape index (κ1) is 18.8. The zero-order chi connectivity index (χ0) is 17.0. The largest absolute Gasteiger partial charge is 0.378 e. The van der Waals surface area contributed by atoms with Gasteiger partial charge in [0.2, 0.25) is 0 Å². The number of rotatable bonds is 9. The molecule has 134 valence electrons. The second-order valence-electron chi connectivity index (χ2n) is 6.81. The van der Waals surface area contributed by atoms with Crippen molar-refractivity contribution in [1.82, 2.24) is 10.6 Å². The Morgan fingerprint density at radius 1 is 1.21 bits per heavy atom. The van der Waals surface area contributed by atoms with E-state index in [4.69, 9.17) is 4.74 Å². The molecule has 0 saturated heterocycles. The smallest absolute Gasteiger partial charge is 0.314 e. The summed E-state index contributed by atoms with van der Waals surface area (Å²) in [6.07, 6.45) is 9.61. The molecule has 0 radical (unpaired) electrons. The summed E-state index contributed by atoms with van der Waals surface area (Å²) < 4.78 is 5.86. The fourth-order valence-corrected chi connectivity index (χ4v) is 3.13. The molecule has 0 heterocycles. The molecular weight excluding hydrogens is 300 g/mol. The molecule has 4 heteroatoms. The van der Waals surface area contributed by atoms with E-state index in [0.29, 0.717) is 12.6 Å². The number of amides is 2. The van der Waals surface area contributed by atoms with Gasteiger partial charge in [-0.05, 0) is 44.6 Å². The van der Waals surface area contributed by atoms with Crippen LogP contribution in [0.15, 0.2) is 30.3 Å². The first-order valence-corrected chi connectivity index (χ1v) is 9.44. The minimum atomic E-state index is -0.0757. The molecule has 24 heavy (non-hydrogen) atoms. The Kier molecular flexibility index (Phi) is 8.67. The van der Waals surface area contributed by atoms with E-state index in [1.54, 1.807) is 0 Å². The highest BCUT2D eigenvalue weighted by molar-refractivity contribution is 5.74. The van der Waals surface area contributed by atoms with Crippen LogP contribution in [0.3, 0.4) is 0 Å². The molecule has 2 rings (SSSR count). The van der Waals surface area contributed by atoms with Crippen LogP contribution in [0.25, 0.3) is 0 Å². The molecule has 1 aromatic rings. The highest BCUT2D eigenvalue weighted by atomic mass is 16.5. The summed E-state index contributed by atoms with van der Waals surface area (Å²) in [6.45, 7) is 3.47. The monoisotopic (exact) mass is 332 g/mol. The number of nitrogens with one attached hydrogen (secondary N) is 2. The quantitative estimate of drug-likeness (QED) is 0.670. The Labute approximate surface area is 146 Å². The van der Waals surface area contributed by atoms with E-state index >= 15 is 0 Å². The molecule has 2 amide bonds. The third kappa shape index (κ3) is 7.82. The standard InChI is InChI=1S/C20H32N2O2/c1-17(13-14-18-9-4-2-5-10-18)22-20(23)21-15-8-16-24-19-11-6-3-7-12-19/h2,4-5,9-10,17,19H,3,6-8,11-16H2,1H3,(H2,21,22,23). The van der Waals surface area contributed by atoms with Crippen LogP contribution >= 0.6 is 0 Å². The minimum absolute atomic E-state index is 0.0757. The zero-order valence-corrected chi connectivity index (χ0v) is 14.9. The molecule has 1 aliphatic rings. The lowest BCUT2D eigenvalue weighted by molar-refractivity contribution is 0.0275. The van der Waals surface area contributed by atoms with E-state index in [1.807, 2.05) is 6.07 Å². The Bertz CT molecular complexity index is 458. The summed E-state index contributed by atoms with van der Waals surface area (Å²) in [5.74, 6) is 0. The van der Waals surface area contributed by atoms with Crippen LogP contribution < -0.4 is 10.6 Å². The summed E-state index contributed by atoms with van der Waals surface area (Å²) in [4.78, 5) is 11.9. The average molecular weight is 332 g/mol. The molecule has 1 aromatic carbocycles. The van der Waals surface area contributed by atoms with Crippen molar-refractivity contribution >= 4 is 6.03 Å². The van der Waals surface area contributed by atoms with Gasteiger partial charge in [-0.2, -0.15) is 0 Å². The number of benzene rings is 1. The lowest BCUT2D eigenvalue weighted by Gasteiger charge is -2.22. The lowest BCUT2D eigenvalue weighted by Crippen LogP contribution is -2.41. The molecule has 4 nitrogen and oxygen atoms in total. The van der Waals surface area contributed by atoms with Gasteiger partial charge in [0.25, 0.3) is 0 Å². The molecule has 1 aliphatic carbocycles. The number of ether oxygens (including phenoxy) is 1. The summed E-state index contributed by atoms with van der Waals surface area (Å²) in [7, 11) is 0. The maximum Gasteiger partial charge on any atom is 0.314 e. The van der Waals surface area contributed by atoms with Gasteiger partial charge in [-0.15, -0.1) is 0 Å². The van der Waals surface area contributed by atoms with Crippen molar-refractivity contribution in [3.05, 3.63) is 35.9 Å². The van der Waals surface area contributed by atoms with Crippen molar-refractivity contribution in [3.8, 4) is 0 Å². The van der Waals surface area contributed by atoms with Crippen molar-refractivity contribution < 1.29 is 9.53 Å². The van der Waals surface area contributed by atoms with Crippen LogP contribution in [-0.4, -0.2) is 31.3 Å². The third-order valence-electron chi connectivity index (χ3n) is 4.60. The van der Waals surface area contributed by atoms with Crippen LogP contribution in [0.4, 0.5) is 4.79 Å². The van der Waals surface area contributed by atoms with Gasteiger partial charge in [0.1, 0.15) is 0 Å². The molecule has 1 atom stereocenters. The number of urea groups is 1. The van der Waals surface area contributed by atoms with Crippen molar-refractivity contribution in [3.63, 3.8) is 0 Å². The van der Waals surface area contributed by atoms with E-state index in [9.17, 15) is 4.79 Å². The van der Waals surface area contributed by atoms with E-state index in [2.05, 4.69) is 41.8 Å². The maximum absolute atomic E-state index is 11.9. The van der Waals surface area contributed by atoms with Crippen LogP contribution in [0.2, 0.25) is 0 Å². The van der Waals surface area contributed by atoms with E-state index < -0.39 is 0 Å². The van der Waals surface area contributed by atoms with Crippen LogP contribution in [-0.2, 0) is 11.2 Å². The molecule has 1 fully saturated rings. The van der Waals surface area contributed by atoms with E-state index in [0.717, 1.165) is 25.9 Å². The highest BCUT2D eigenvalue weighted by Gasteiger charge is 2.13. The Hall–Kier alpha value is -1.55. The number of hydrogen-bond donors (Lipinski definition) is 2. The zero-order valence-electron chi connectivity index (χ0n) is 14.9. The SMILES string of the molecule is CC(CCc1ccccc1)NC(=O)NCCCOC1CCCCC1. The topological polar surface area (TPSA) is 50.4 Å². The average Bonchev–Trinajstić information content (AvgIpc) is 2.61. The van der Waals surface area contributed by atoms with Crippen molar-refractivity contribution in [2.24, 2.45) is 0 Å². The first-order valence-electron chi connectivity index (χ1n) is 9.44. The number of hydrogen-bond acceptors (Lipinski definition) is 2. The van der Waals surface area contributed by atoms with Crippen LogP contribution in [0.1, 0.15) is 57.4 Å². The molecule has 0 aliphatic heterocycles. The van der Waals surface area contributed by atoms with Gasteiger partial charge in [0, 0.05) is 19.2 Å². The van der Waals surface area contributed by atoms with Gasteiger partial charge in [-0.25, -0.2) is 4.79 Å². The Balaban J connectivity index is 1.48. The molecule has 2 N–H and O–H groups in total. The lowest BCUT2D eigenvalue weighted by atomic mass is 9.98. The summed E-state index contributed by atoms with van der Waals surface area (Å²) >= 11 is 0. The van der Waals surface area contributed by atoms with Crippen molar-refractivity contribution in [1.29, 1.82) is 0 Å². The molecule has 0 aromatic heterocycles. The minimum Gasteiger partial charge on any atom is -0.378 e. The van der Waals surface area contributed by atoms with Gasteiger partial charge < -0.3 is 15.4 Å². The van der Waals surface area contributed by atoms with Crippen LogP contribution in [0.5, 0.6) is 0 Å². The second-order valence-corrected chi connectivity index (χ2v) is 6.81. The fraction of sp³-hybridized carbons (Fsp3) is 0.650.